The van der Waals surface area contributed by atoms with Crippen LogP contribution in [-0.2, 0) is 4.74 Å². The van der Waals surface area contributed by atoms with E-state index in [2.05, 4.69) is 19.6 Å². The lowest BCUT2D eigenvalue weighted by Gasteiger charge is -2.07. The lowest BCUT2D eigenvalue weighted by molar-refractivity contribution is 0.0527. The third-order valence-corrected chi connectivity index (χ3v) is 4.57. The highest BCUT2D eigenvalue weighted by molar-refractivity contribution is 7.19. The molecule has 1 aromatic carbocycles. The number of aryl methyl sites for hydroxylation is 1. The van der Waals surface area contributed by atoms with E-state index in [-0.39, 0.29) is 17.9 Å². The highest BCUT2D eigenvalue weighted by Crippen LogP contribution is 2.42. The molecule has 0 spiro atoms. The van der Waals surface area contributed by atoms with E-state index in [0.717, 1.165) is 16.4 Å². The van der Waals surface area contributed by atoms with Crippen molar-refractivity contribution in [3.63, 3.8) is 0 Å². The second kappa shape index (κ2) is 6.39. The van der Waals surface area contributed by atoms with Crippen LogP contribution in [0.5, 0.6) is 5.75 Å². The van der Waals surface area contributed by atoms with E-state index < -0.39 is 5.97 Å². The summed E-state index contributed by atoms with van der Waals surface area (Å²) in [4.78, 5) is 17.1. The third-order valence-electron chi connectivity index (χ3n) is 2.96. The summed E-state index contributed by atoms with van der Waals surface area (Å²) < 4.78 is 9.57. The van der Waals surface area contributed by atoms with E-state index >= 15 is 0 Å². The number of nitrogens with zero attached hydrogens (tertiary/aromatic N) is 4. The van der Waals surface area contributed by atoms with Gasteiger partial charge in [-0.25, -0.2) is 9.78 Å². The number of carbonyl (C=O) groups is 1. The van der Waals surface area contributed by atoms with Crippen molar-refractivity contribution in [1.82, 2.24) is 9.36 Å². The second-order valence-electron chi connectivity index (χ2n) is 4.54. The quantitative estimate of drug-likeness (QED) is 0.558. The molecule has 0 saturated heterocycles. The Hall–Kier alpha value is -2.39. The molecule has 2 aromatic heterocycles. The Labute approximate surface area is 139 Å². The smallest absolute Gasteiger partial charge is 0.340 e. The molecule has 0 bridgehead atoms. The van der Waals surface area contributed by atoms with E-state index in [4.69, 9.17) is 4.74 Å². The van der Waals surface area contributed by atoms with Crippen LogP contribution in [0.4, 0.5) is 10.8 Å². The maximum Gasteiger partial charge on any atom is 0.340 e. The average molecular weight is 348 g/mol. The van der Waals surface area contributed by atoms with Gasteiger partial charge in [-0.15, -0.1) is 21.6 Å². The first-order valence-corrected chi connectivity index (χ1v) is 8.30. The molecule has 118 valence electrons. The summed E-state index contributed by atoms with van der Waals surface area (Å²) in [6.45, 7) is 3.86. The summed E-state index contributed by atoms with van der Waals surface area (Å²) in [6.07, 6.45) is 1.38. The van der Waals surface area contributed by atoms with E-state index in [0.29, 0.717) is 20.9 Å². The SMILES string of the molecule is CCOC(=O)c1cc(O)c2cc(C)sc2c1/N=N/c1ncns1. The molecule has 0 atom stereocenters. The van der Waals surface area contributed by atoms with Gasteiger partial charge in [-0.1, -0.05) is 0 Å². The van der Waals surface area contributed by atoms with Gasteiger partial charge in [-0.3, -0.25) is 0 Å². The van der Waals surface area contributed by atoms with Gasteiger partial charge in [-0.2, -0.15) is 4.37 Å². The summed E-state index contributed by atoms with van der Waals surface area (Å²) in [5.74, 6) is -0.538. The van der Waals surface area contributed by atoms with Gasteiger partial charge in [0.05, 0.1) is 16.9 Å². The molecule has 0 aliphatic rings. The van der Waals surface area contributed by atoms with Crippen LogP contribution < -0.4 is 0 Å². The number of benzene rings is 1. The zero-order valence-corrected chi connectivity index (χ0v) is 13.9. The number of rotatable bonds is 4. The van der Waals surface area contributed by atoms with Crippen molar-refractivity contribution >= 4 is 49.7 Å². The van der Waals surface area contributed by atoms with Crippen LogP contribution in [0.2, 0.25) is 0 Å². The maximum atomic E-state index is 12.2. The minimum absolute atomic E-state index is 0.0160. The van der Waals surface area contributed by atoms with E-state index in [1.807, 2.05) is 13.0 Å². The highest BCUT2D eigenvalue weighted by atomic mass is 32.1. The average Bonchev–Trinajstić information content (AvgIpc) is 3.15. The van der Waals surface area contributed by atoms with Crippen molar-refractivity contribution in [3.05, 3.63) is 28.9 Å². The summed E-state index contributed by atoms with van der Waals surface area (Å²) >= 11 is 2.52. The van der Waals surface area contributed by atoms with Gasteiger partial charge in [0.2, 0.25) is 5.13 Å². The van der Waals surface area contributed by atoms with Crippen LogP contribution in [-0.4, -0.2) is 27.0 Å². The fourth-order valence-electron chi connectivity index (χ4n) is 2.05. The lowest BCUT2D eigenvalue weighted by atomic mass is 10.1. The topological polar surface area (TPSA) is 97.0 Å². The number of aromatic nitrogens is 2. The number of aromatic hydroxyl groups is 1. The molecule has 3 rings (SSSR count). The Morgan fingerprint density at radius 1 is 1.39 bits per heavy atom. The third kappa shape index (κ3) is 3.06. The fourth-order valence-corrected chi connectivity index (χ4v) is 3.43. The van der Waals surface area contributed by atoms with Crippen LogP contribution in [0, 0.1) is 6.92 Å². The lowest BCUT2D eigenvalue weighted by Crippen LogP contribution is -2.04. The van der Waals surface area contributed by atoms with Crippen LogP contribution in [0.15, 0.2) is 28.7 Å². The number of phenols is 1. The van der Waals surface area contributed by atoms with E-state index in [1.165, 1.54) is 23.7 Å². The number of hydrogen-bond donors (Lipinski definition) is 1. The molecule has 0 amide bonds. The van der Waals surface area contributed by atoms with Gasteiger partial charge in [0.1, 0.15) is 17.8 Å². The van der Waals surface area contributed by atoms with Gasteiger partial charge in [0, 0.05) is 21.8 Å². The Morgan fingerprint density at radius 3 is 2.91 bits per heavy atom. The summed E-state index contributed by atoms with van der Waals surface area (Å²) in [5, 5.41) is 19.4. The second-order valence-corrected chi connectivity index (χ2v) is 6.55. The van der Waals surface area contributed by atoms with Crippen LogP contribution >= 0.6 is 22.9 Å². The molecule has 23 heavy (non-hydrogen) atoms. The van der Waals surface area contributed by atoms with E-state index in [1.54, 1.807) is 6.92 Å². The molecule has 0 saturated carbocycles. The Morgan fingerprint density at radius 2 is 2.22 bits per heavy atom. The Bertz CT molecular complexity index is 887. The zero-order chi connectivity index (χ0) is 16.4. The van der Waals surface area contributed by atoms with Crippen molar-refractivity contribution in [1.29, 1.82) is 0 Å². The minimum atomic E-state index is -0.554. The summed E-state index contributed by atoms with van der Waals surface area (Å²) in [7, 11) is 0. The predicted octanol–water partition coefficient (Wildman–Crippen LogP) is 4.36. The summed E-state index contributed by atoms with van der Waals surface area (Å²) in [5.41, 5.74) is 0.538. The van der Waals surface area contributed by atoms with Crippen molar-refractivity contribution in [2.24, 2.45) is 10.2 Å². The molecule has 1 N–H and O–H groups in total. The number of phenolic OH excluding ortho intramolecular Hbond substituents is 1. The first-order chi connectivity index (χ1) is 11.1. The molecular formula is C14H12N4O3S2. The molecular weight excluding hydrogens is 336 g/mol. The highest BCUT2D eigenvalue weighted by Gasteiger charge is 2.20. The van der Waals surface area contributed by atoms with Gasteiger partial charge in [-0.05, 0) is 26.0 Å². The molecule has 0 aliphatic heterocycles. The number of carbonyl (C=O) groups excluding carboxylic acids is 1. The zero-order valence-electron chi connectivity index (χ0n) is 12.3. The standard InChI is InChI=1S/C14H12N4O3S2/c1-3-21-13(20)9-5-10(19)8-4-7(2)22-12(8)11(9)17-18-14-15-6-16-23-14/h4-6,19H,3H2,1-2H3/b18-17+. The normalized spacial score (nSPS) is 11.4. The molecule has 7 nitrogen and oxygen atoms in total. The molecule has 0 aliphatic carbocycles. The Kier molecular flexibility index (Phi) is 4.30. The van der Waals surface area contributed by atoms with Crippen molar-refractivity contribution < 1.29 is 14.6 Å². The molecule has 0 unspecified atom stereocenters. The Balaban J connectivity index is 2.20. The van der Waals surface area contributed by atoms with Crippen LogP contribution in [0.3, 0.4) is 0 Å². The number of hydrogen-bond acceptors (Lipinski definition) is 9. The fraction of sp³-hybridized carbons (Fsp3) is 0.214. The maximum absolute atomic E-state index is 12.2. The van der Waals surface area contributed by atoms with Crippen LogP contribution in [0.1, 0.15) is 22.2 Å². The molecule has 9 heteroatoms. The van der Waals surface area contributed by atoms with Crippen molar-refractivity contribution in [2.45, 2.75) is 13.8 Å². The molecule has 0 fully saturated rings. The number of esters is 1. The van der Waals surface area contributed by atoms with E-state index in [9.17, 15) is 9.90 Å². The monoisotopic (exact) mass is 348 g/mol. The van der Waals surface area contributed by atoms with Crippen molar-refractivity contribution in [2.75, 3.05) is 6.61 Å². The van der Waals surface area contributed by atoms with Crippen LogP contribution in [0.25, 0.3) is 10.1 Å². The van der Waals surface area contributed by atoms with Gasteiger partial charge in [0.25, 0.3) is 0 Å². The number of ether oxygens (including phenoxy) is 1. The minimum Gasteiger partial charge on any atom is -0.507 e. The molecule has 3 aromatic rings. The number of fused-ring (bicyclic) bond motifs is 1. The van der Waals surface area contributed by atoms with Gasteiger partial charge in [0.15, 0.2) is 0 Å². The predicted molar refractivity (Wildman–Crippen MR) is 88.3 cm³/mol. The first-order valence-electron chi connectivity index (χ1n) is 6.71. The molecule has 2 heterocycles. The van der Waals surface area contributed by atoms with Gasteiger partial charge >= 0.3 is 5.97 Å². The number of thiophene rings is 1. The number of azo groups is 1. The van der Waals surface area contributed by atoms with Crippen molar-refractivity contribution in [3.8, 4) is 5.75 Å². The molecule has 0 radical (unpaired) electrons. The van der Waals surface area contributed by atoms with Gasteiger partial charge < -0.3 is 9.84 Å². The largest absolute Gasteiger partial charge is 0.507 e. The summed E-state index contributed by atoms with van der Waals surface area (Å²) in [6, 6.07) is 3.20. The first kappa shape index (κ1) is 15.5.